The van der Waals surface area contributed by atoms with Crippen LogP contribution in [0.3, 0.4) is 0 Å². The minimum absolute atomic E-state index is 0.259. The topological polar surface area (TPSA) is 47.0 Å². The monoisotopic (exact) mass is 309 g/mol. The molecule has 18 heavy (non-hydrogen) atoms. The van der Waals surface area contributed by atoms with Crippen molar-refractivity contribution in [1.29, 1.82) is 0 Å². The van der Waals surface area contributed by atoms with Crippen molar-refractivity contribution in [2.45, 2.75) is 20.0 Å². The number of pyridine rings is 2. The quantitative estimate of drug-likeness (QED) is 0.861. The second-order valence-electron chi connectivity index (χ2n) is 4.23. The van der Waals surface area contributed by atoms with Crippen molar-refractivity contribution in [1.82, 2.24) is 9.97 Å². The Bertz CT molecular complexity index is 531. The smallest absolute Gasteiger partial charge is 0.112 e. The molecular formula is C13H16BrN3O. The van der Waals surface area contributed by atoms with Crippen LogP contribution in [0.4, 0.5) is 5.69 Å². The van der Waals surface area contributed by atoms with Crippen LogP contribution >= 0.6 is 15.9 Å². The van der Waals surface area contributed by atoms with Gasteiger partial charge in [-0.05, 0) is 41.9 Å². The zero-order chi connectivity index (χ0) is 13.0. The molecule has 0 saturated heterocycles. The molecule has 0 aliphatic rings. The summed E-state index contributed by atoms with van der Waals surface area (Å²) in [4.78, 5) is 8.68. The Morgan fingerprint density at radius 2 is 2.22 bits per heavy atom. The molecule has 0 bridgehead atoms. The van der Waals surface area contributed by atoms with Gasteiger partial charge in [-0.15, -0.1) is 0 Å². The largest absolute Gasteiger partial charge is 0.381 e. The summed E-state index contributed by atoms with van der Waals surface area (Å²) in [6, 6.07) is 3.89. The van der Waals surface area contributed by atoms with Gasteiger partial charge in [0.2, 0.25) is 0 Å². The Balaban J connectivity index is 2.08. The SMILES string of the molecule is CC(C)OCCNc1ccnc2cc(Br)cnc12. The Hall–Kier alpha value is -1.20. The molecule has 0 fully saturated rings. The van der Waals surface area contributed by atoms with E-state index in [2.05, 4.69) is 31.2 Å². The molecule has 0 radical (unpaired) electrons. The highest BCUT2D eigenvalue weighted by atomic mass is 79.9. The van der Waals surface area contributed by atoms with Gasteiger partial charge in [-0.25, -0.2) is 0 Å². The maximum atomic E-state index is 5.49. The van der Waals surface area contributed by atoms with E-state index in [1.54, 1.807) is 12.4 Å². The molecule has 2 aromatic heterocycles. The lowest BCUT2D eigenvalue weighted by Crippen LogP contribution is -2.13. The first-order chi connectivity index (χ1) is 8.66. The van der Waals surface area contributed by atoms with Crippen molar-refractivity contribution in [3.63, 3.8) is 0 Å². The Labute approximate surface area is 115 Å². The van der Waals surface area contributed by atoms with Crippen LogP contribution in [0.25, 0.3) is 11.0 Å². The van der Waals surface area contributed by atoms with E-state index in [1.165, 1.54) is 0 Å². The zero-order valence-electron chi connectivity index (χ0n) is 10.5. The molecule has 0 saturated carbocycles. The van der Waals surface area contributed by atoms with Gasteiger partial charge in [0.05, 0.1) is 23.9 Å². The fourth-order valence-corrected chi connectivity index (χ4v) is 1.95. The molecule has 5 heteroatoms. The van der Waals surface area contributed by atoms with E-state index in [9.17, 15) is 0 Å². The van der Waals surface area contributed by atoms with Crippen LogP contribution in [-0.2, 0) is 4.74 Å². The molecule has 1 N–H and O–H groups in total. The van der Waals surface area contributed by atoms with Gasteiger partial charge in [0.1, 0.15) is 5.52 Å². The third kappa shape index (κ3) is 3.40. The van der Waals surface area contributed by atoms with Gasteiger partial charge in [0.25, 0.3) is 0 Å². The first-order valence-electron chi connectivity index (χ1n) is 5.92. The zero-order valence-corrected chi connectivity index (χ0v) is 12.1. The summed E-state index contributed by atoms with van der Waals surface area (Å²) in [6.07, 6.45) is 3.82. The lowest BCUT2D eigenvalue weighted by atomic mass is 10.3. The predicted molar refractivity (Wildman–Crippen MR) is 76.8 cm³/mol. The molecule has 2 heterocycles. The van der Waals surface area contributed by atoms with Crippen molar-refractivity contribution in [2.24, 2.45) is 0 Å². The van der Waals surface area contributed by atoms with E-state index in [0.29, 0.717) is 6.61 Å². The number of ether oxygens (including phenoxy) is 1. The predicted octanol–water partition coefficient (Wildman–Crippen LogP) is 3.23. The van der Waals surface area contributed by atoms with E-state index in [4.69, 9.17) is 4.74 Å². The number of halogens is 1. The van der Waals surface area contributed by atoms with Crippen molar-refractivity contribution < 1.29 is 4.74 Å². The maximum Gasteiger partial charge on any atom is 0.112 e. The third-order valence-electron chi connectivity index (χ3n) is 2.41. The number of hydrogen-bond donors (Lipinski definition) is 1. The number of anilines is 1. The van der Waals surface area contributed by atoms with E-state index >= 15 is 0 Å². The molecule has 2 rings (SSSR count). The van der Waals surface area contributed by atoms with Gasteiger partial charge in [0.15, 0.2) is 0 Å². The lowest BCUT2D eigenvalue weighted by molar-refractivity contribution is 0.0871. The molecule has 0 atom stereocenters. The third-order valence-corrected chi connectivity index (χ3v) is 2.85. The Morgan fingerprint density at radius 1 is 1.39 bits per heavy atom. The van der Waals surface area contributed by atoms with E-state index in [1.807, 2.05) is 26.0 Å². The first kappa shape index (κ1) is 13.2. The van der Waals surface area contributed by atoms with Crippen molar-refractivity contribution in [3.05, 3.63) is 29.0 Å². The van der Waals surface area contributed by atoms with Crippen LogP contribution in [0.15, 0.2) is 29.0 Å². The summed E-state index contributed by atoms with van der Waals surface area (Å²) < 4.78 is 6.42. The number of fused-ring (bicyclic) bond motifs is 1. The van der Waals surface area contributed by atoms with Gasteiger partial charge in [-0.2, -0.15) is 0 Å². The number of rotatable bonds is 5. The van der Waals surface area contributed by atoms with Gasteiger partial charge < -0.3 is 10.1 Å². The fraction of sp³-hybridized carbons (Fsp3) is 0.385. The highest BCUT2D eigenvalue weighted by Gasteiger charge is 2.03. The number of nitrogens with zero attached hydrogens (tertiary/aromatic N) is 2. The molecule has 2 aromatic rings. The highest BCUT2D eigenvalue weighted by molar-refractivity contribution is 9.10. The van der Waals surface area contributed by atoms with Crippen LogP contribution < -0.4 is 5.32 Å². The van der Waals surface area contributed by atoms with Crippen LogP contribution in [-0.4, -0.2) is 29.2 Å². The van der Waals surface area contributed by atoms with Crippen molar-refractivity contribution >= 4 is 32.7 Å². The summed E-state index contributed by atoms with van der Waals surface area (Å²) in [6.45, 7) is 5.49. The van der Waals surface area contributed by atoms with E-state index in [-0.39, 0.29) is 6.10 Å². The molecule has 0 aliphatic heterocycles. The van der Waals surface area contributed by atoms with Crippen molar-refractivity contribution in [2.75, 3.05) is 18.5 Å². The second-order valence-corrected chi connectivity index (χ2v) is 5.14. The minimum atomic E-state index is 0.259. The average Bonchev–Trinajstić information content (AvgIpc) is 2.34. The van der Waals surface area contributed by atoms with Gasteiger partial charge in [0, 0.05) is 23.4 Å². The molecular weight excluding hydrogens is 294 g/mol. The Kier molecular flexibility index (Phi) is 4.49. The summed E-state index contributed by atoms with van der Waals surface area (Å²) >= 11 is 3.39. The minimum Gasteiger partial charge on any atom is -0.381 e. The van der Waals surface area contributed by atoms with E-state index < -0.39 is 0 Å². The molecule has 4 nitrogen and oxygen atoms in total. The summed E-state index contributed by atoms with van der Waals surface area (Å²) in [5, 5.41) is 3.32. The van der Waals surface area contributed by atoms with E-state index in [0.717, 1.165) is 27.7 Å². The standard InChI is InChI=1S/C13H16BrN3O/c1-9(2)18-6-5-16-11-3-4-15-12-7-10(14)8-17-13(11)12/h3-4,7-9H,5-6H2,1-2H3,(H,15,16). The second kappa shape index (κ2) is 6.11. The van der Waals surface area contributed by atoms with Crippen LogP contribution in [0.5, 0.6) is 0 Å². The van der Waals surface area contributed by atoms with Crippen LogP contribution in [0.1, 0.15) is 13.8 Å². The Morgan fingerprint density at radius 3 is 3.00 bits per heavy atom. The van der Waals surface area contributed by atoms with Crippen molar-refractivity contribution in [3.8, 4) is 0 Å². The number of aromatic nitrogens is 2. The summed E-state index contributed by atoms with van der Waals surface area (Å²) in [5.74, 6) is 0. The highest BCUT2D eigenvalue weighted by Crippen LogP contribution is 2.21. The van der Waals surface area contributed by atoms with Gasteiger partial charge in [-0.1, -0.05) is 0 Å². The summed E-state index contributed by atoms with van der Waals surface area (Å²) in [5.41, 5.74) is 2.74. The molecule has 0 amide bonds. The van der Waals surface area contributed by atoms with Crippen LogP contribution in [0.2, 0.25) is 0 Å². The lowest BCUT2D eigenvalue weighted by Gasteiger charge is -2.10. The maximum absolute atomic E-state index is 5.49. The normalized spacial score (nSPS) is 11.1. The fourth-order valence-electron chi connectivity index (χ4n) is 1.63. The molecule has 96 valence electrons. The number of hydrogen-bond acceptors (Lipinski definition) is 4. The van der Waals surface area contributed by atoms with Gasteiger partial charge >= 0.3 is 0 Å². The summed E-state index contributed by atoms with van der Waals surface area (Å²) in [7, 11) is 0. The average molecular weight is 310 g/mol. The first-order valence-corrected chi connectivity index (χ1v) is 6.72. The molecule has 0 spiro atoms. The molecule has 0 aromatic carbocycles. The molecule has 0 aliphatic carbocycles. The van der Waals surface area contributed by atoms with Gasteiger partial charge in [-0.3, -0.25) is 9.97 Å². The van der Waals surface area contributed by atoms with Crippen LogP contribution in [0, 0.1) is 0 Å². The number of nitrogens with one attached hydrogen (secondary N) is 1. The molecule has 0 unspecified atom stereocenters.